The van der Waals surface area contributed by atoms with Crippen LogP contribution in [0.3, 0.4) is 0 Å². The Balaban J connectivity index is 1.54. The molecule has 1 aromatic carbocycles. The molecule has 0 saturated carbocycles. The first-order chi connectivity index (χ1) is 13.6. The lowest BCUT2D eigenvalue weighted by atomic mass is 10.0. The fourth-order valence-electron chi connectivity index (χ4n) is 3.17. The predicted molar refractivity (Wildman–Crippen MR) is 102 cm³/mol. The third-order valence-corrected chi connectivity index (χ3v) is 4.58. The summed E-state index contributed by atoms with van der Waals surface area (Å²) in [5, 5.41) is 3.33. The molecule has 28 heavy (non-hydrogen) atoms. The Morgan fingerprint density at radius 2 is 1.79 bits per heavy atom. The second kappa shape index (κ2) is 9.50. The number of anilines is 1. The number of hydrogen-bond donors (Lipinski definition) is 1. The average molecular weight is 391 g/mol. The monoisotopic (exact) mass is 391 g/mol. The number of nitrogens with one attached hydrogen (secondary N) is 1. The summed E-state index contributed by atoms with van der Waals surface area (Å²) in [5.74, 6) is 0.438. The number of ether oxygens (including phenoxy) is 3. The summed E-state index contributed by atoms with van der Waals surface area (Å²) >= 11 is 0. The lowest BCUT2D eigenvalue weighted by Gasteiger charge is -2.32. The van der Waals surface area contributed by atoms with Gasteiger partial charge in [0.2, 0.25) is 5.95 Å². The van der Waals surface area contributed by atoms with Crippen LogP contribution in [0.25, 0.3) is 0 Å². The maximum atomic E-state index is 13.7. The van der Waals surface area contributed by atoms with Crippen molar-refractivity contribution in [1.29, 1.82) is 0 Å². The van der Waals surface area contributed by atoms with Crippen molar-refractivity contribution in [3.63, 3.8) is 0 Å². The Morgan fingerprint density at radius 3 is 2.39 bits per heavy atom. The molecule has 152 valence electrons. The first kappa shape index (κ1) is 20.1. The van der Waals surface area contributed by atoms with E-state index in [2.05, 4.69) is 25.2 Å². The van der Waals surface area contributed by atoms with E-state index in [1.54, 1.807) is 6.07 Å². The zero-order valence-electron chi connectivity index (χ0n) is 16.4. The molecule has 2 aromatic rings. The van der Waals surface area contributed by atoms with Crippen molar-refractivity contribution in [3.8, 4) is 17.8 Å². The number of nitrogens with zero attached hydrogens (tertiary/aromatic N) is 4. The molecular weight excluding hydrogens is 365 g/mol. The summed E-state index contributed by atoms with van der Waals surface area (Å²) in [6, 6.07) is 5.75. The number of hydrogen-bond acceptors (Lipinski definition) is 8. The van der Waals surface area contributed by atoms with Gasteiger partial charge in [0, 0.05) is 25.7 Å². The van der Waals surface area contributed by atoms with Gasteiger partial charge in [-0.15, -0.1) is 4.98 Å². The molecule has 0 unspecified atom stereocenters. The number of benzene rings is 1. The van der Waals surface area contributed by atoms with Crippen LogP contribution in [-0.4, -0.2) is 59.8 Å². The first-order valence-electron chi connectivity index (χ1n) is 9.35. The summed E-state index contributed by atoms with van der Waals surface area (Å²) in [7, 11) is 3.01. The van der Waals surface area contributed by atoms with Crippen molar-refractivity contribution in [2.45, 2.75) is 32.4 Å². The predicted octanol–water partition coefficient (Wildman–Crippen LogP) is 2.50. The highest BCUT2D eigenvalue weighted by Crippen LogP contribution is 2.22. The molecule has 0 amide bonds. The van der Waals surface area contributed by atoms with Gasteiger partial charge >= 0.3 is 12.0 Å². The normalized spacial score (nSPS) is 15.3. The molecule has 8 nitrogen and oxygen atoms in total. The van der Waals surface area contributed by atoms with Crippen molar-refractivity contribution in [1.82, 2.24) is 19.9 Å². The standard InChI is InChI=1S/C19H26FN5O3/c1-4-28-16-11-13(5-6-15(16)20)12-25-9-7-14(8-10-25)21-17-22-18(26-2)24-19(23-17)27-3/h5-6,11,14H,4,7-10,12H2,1-3H3,(H,21,22,23,24). The number of halogens is 1. The molecule has 1 N–H and O–H groups in total. The minimum atomic E-state index is -0.322. The van der Waals surface area contributed by atoms with Gasteiger partial charge in [-0.2, -0.15) is 9.97 Å². The summed E-state index contributed by atoms with van der Waals surface area (Å²) in [6.07, 6.45) is 1.88. The van der Waals surface area contributed by atoms with E-state index in [0.29, 0.717) is 18.3 Å². The molecule has 0 spiro atoms. The molecule has 0 atom stereocenters. The fourth-order valence-corrected chi connectivity index (χ4v) is 3.17. The molecule has 0 aliphatic carbocycles. The quantitative estimate of drug-likeness (QED) is 0.735. The van der Waals surface area contributed by atoms with Gasteiger partial charge in [-0.1, -0.05) is 6.07 Å². The highest BCUT2D eigenvalue weighted by atomic mass is 19.1. The van der Waals surface area contributed by atoms with Gasteiger partial charge in [-0.25, -0.2) is 4.39 Å². The van der Waals surface area contributed by atoms with Gasteiger partial charge in [0.1, 0.15) is 0 Å². The van der Waals surface area contributed by atoms with Gasteiger partial charge in [0.15, 0.2) is 11.6 Å². The third kappa shape index (κ3) is 5.19. The van der Waals surface area contributed by atoms with Gasteiger partial charge in [-0.05, 0) is 37.5 Å². The third-order valence-electron chi connectivity index (χ3n) is 4.58. The van der Waals surface area contributed by atoms with E-state index >= 15 is 0 Å². The summed E-state index contributed by atoms with van der Waals surface area (Å²) in [6.45, 7) is 4.89. The van der Waals surface area contributed by atoms with Crippen molar-refractivity contribution in [2.24, 2.45) is 0 Å². The van der Waals surface area contributed by atoms with E-state index in [-0.39, 0.29) is 23.9 Å². The summed E-state index contributed by atoms with van der Waals surface area (Å²) in [5.41, 5.74) is 1.04. The van der Waals surface area contributed by atoms with Crippen molar-refractivity contribution in [2.75, 3.05) is 39.2 Å². The van der Waals surface area contributed by atoms with Crippen molar-refractivity contribution < 1.29 is 18.6 Å². The zero-order valence-corrected chi connectivity index (χ0v) is 16.4. The Labute approximate surface area is 164 Å². The Bertz CT molecular complexity index is 762. The number of piperidine rings is 1. The second-order valence-electron chi connectivity index (χ2n) is 6.52. The van der Waals surface area contributed by atoms with Crippen LogP contribution in [0.15, 0.2) is 18.2 Å². The van der Waals surface area contributed by atoms with Gasteiger partial charge in [-0.3, -0.25) is 4.90 Å². The van der Waals surface area contributed by atoms with E-state index < -0.39 is 0 Å². The number of likely N-dealkylation sites (tertiary alicyclic amines) is 1. The molecule has 1 fully saturated rings. The Hall–Kier alpha value is -2.68. The Morgan fingerprint density at radius 1 is 1.11 bits per heavy atom. The van der Waals surface area contributed by atoms with Crippen LogP contribution in [0.5, 0.6) is 17.8 Å². The zero-order chi connectivity index (χ0) is 19.9. The minimum Gasteiger partial charge on any atom is -0.491 e. The highest BCUT2D eigenvalue weighted by Gasteiger charge is 2.21. The number of rotatable bonds is 8. The average Bonchev–Trinajstić information content (AvgIpc) is 2.72. The van der Waals surface area contributed by atoms with E-state index in [4.69, 9.17) is 14.2 Å². The van der Waals surface area contributed by atoms with E-state index in [1.807, 2.05) is 13.0 Å². The lowest BCUT2D eigenvalue weighted by Crippen LogP contribution is -2.39. The van der Waals surface area contributed by atoms with Crippen molar-refractivity contribution in [3.05, 3.63) is 29.6 Å². The molecular formula is C19H26FN5O3. The molecule has 3 rings (SSSR count). The molecule has 1 aromatic heterocycles. The van der Waals surface area contributed by atoms with Crippen LogP contribution < -0.4 is 19.5 Å². The van der Waals surface area contributed by atoms with Crippen LogP contribution in [-0.2, 0) is 6.54 Å². The molecule has 1 saturated heterocycles. The molecule has 2 heterocycles. The van der Waals surface area contributed by atoms with E-state index in [9.17, 15) is 4.39 Å². The summed E-state index contributed by atoms with van der Waals surface area (Å²) in [4.78, 5) is 14.8. The van der Waals surface area contributed by atoms with Crippen LogP contribution in [0.4, 0.5) is 10.3 Å². The van der Waals surface area contributed by atoms with Crippen molar-refractivity contribution >= 4 is 5.95 Å². The second-order valence-corrected chi connectivity index (χ2v) is 6.52. The molecule has 1 aliphatic heterocycles. The number of methoxy groups -OCH3 is 2. The topological polar surface area (TPSA) is 81.6 Å². The van der Waals surface area contributed by atoms with Crippen LogP contribution >= 0.6 is 0 Å². The number of aromatic nitrogens is 3. The molecule has 1 aliphatic rings. The van der Waals surface area contributed by atoms with Crippen LogP contribution in [0, 0.1) is 5.82 Å². The van der Waals surface area contributed by atoms with E-state index in [1.165, 1.54) is 20.3 Å². The maximum absolute atomic E-state index is 13.7. The van der Waals surface area contributed by atoms with Gasteiger partial charge < -0.3 is 19.5 Å². The smallest absolute Gasteiger partial charge is 0.324 e. The SMILES string of the molecule is CCOc1cc(CN2CCC(Nc3nc(OC)nc(OC)n3)CC2)ccc1F. The first-order valence-corrected chi connectivity index (χ1v) is 9.35. The highest BCUT2D eigenvalue weighted by molar-refractivity contribution is 5.31. The van der Waals surface area contributed by atoms with Crippen LogP contribution in [0.1, 0.15) is 25.3 Å². The van der Waals surface area contributed by atoms with Gasteiger partial charge in [0.05, 0.1) is 20.8 Å². The van der Waals surface area contributed by atoms with Crippen LogP contribution in [0.2, 0.25) is 0 Å². The van der Waals surface area contributed by atoms with Gasteiger partial charge in [0.25, 0.3) is 0 Å². The molecule has 0 radical (unpaired) electrons. The minimum absolute atomic E-state index is 0.216. The Kier molecular flexibility index (Phi) is 6.80. The fraction of sp³-hybridized carbons (Fsp3) is 0.526. The lowest BCUT2D eigenvalue weighted by molar-refractivity contribution is 0.210. The largest absolute Gasteiger partial charge is 0.491 e. The molecule has 0 bridgehead atoms. The van der Waals surface area contributed by atoms with E-state index in [0.717, 1.165) is 38.0 Å². The maximum Gasteiger partial charge on any atom is 0.324 e. The summed E-state index contributed by atoms with van der Waals surface area (Å²) < 4.78 is 29.2. The molecule has 9 heteroatoms.